The molecule has 2 N–H and O–H groups in total. The van der Waals surface area contributed by atoms with E-state index >= 15 is 0 Å². The molecule has 2 amide bonds. The molecular formula is C25H22ClN3O6. The van der Waals surface area contributed by atoms with E-state index in [2.05, 4.69) is 15.8 Å². The van der Waals surface area contributed by atoms with Gasteiger partial charge in [-0.3, -0.25) is 9.59 Å². The van der Waals surface area contributed by atoms with Crippen LogP contribution in [0.1, 0.15) is 21.5 Å². The Kier molecular flexibility index (Phi) is 7.69. The molecule has 0 unspecified atom stereocenters. The molecule has 3 aromatic rings. The average molecular weight is 496 g/mol. The first-order chi connectivity index (χ1) is 17.0. The molecule has 10 heteroatoms. The summed E-state index contributed by atoms with van der Waals surface area (Å²) in [6.45, 7) is 0.228. The standard InChI is InChI=1S/C25H22ClN3O6/c1-32-22-10-17(4-8-20(22)33-14-16-2-6-19(26)7-3-16)12-28-29-24(30)13-27-25(31)18-5-9-21-23(11-18)35-15-34-21/h2-12H,13-15H2,1H3,(H,27,31)(H,29,30)/b28-12+. The fourth-order valence-corrected chi connectivity index (χ4v) is 3.27. The zero-order valence-electron chi connectivity index (χ0n) is 18.7. The second-order valence-corrected chi connectivity index (χ2v) is 7.81. The Labute approximate surface area is 206 Å². The van der Waals surface area contributed by atoms with Gasteiger partial charge in [-0.15, -0.1) is 0 Å². The molecule has 1 aliphatic heterocycles. The van der Waals surface area contributed by atoms with Gasteiger partial charge in [0.25, 0.3) is 11.8 Å². The van der Waals surface area contributed by atoms with Crippen molar-refractivity contribution in [1.29, 1.82) is 0 Å². The topological polar surface area (TPSA) is 107 Å². The van der Waals surface area contributed by atoms with Gasteiger partial charge in [0.2, 0.25) is 6.79 Å². The summed E-state index contributed by atoms with van der Waals surface area (Å²) >= 11 is 5.90. The lowest BCUT2D eigenvalue weighted by Crippen LogP contribution is -2.34. The second-order valence-electron chi connectivity index (χ2n) is 7.37. The summed E-state index contributed by atoms with van der Waals surface area (Å²) in [5.74, 6) is 1.25. The number of halogens is 1. The van der Waals surface area contributed by atoms with Crippen molar-refractivity contribution in [1.82, 2.24) is 10.7 Å². The lowest BCUT2D eigenvalue weighted by atomic mass is 10.2. The molecule has 0 spiro atoms. The summed E-state index contributed by atoms with van der Waals surface area (Å²) in [6.07, 6.45) is 1.46. The van der Waals surface area contributed by atoms with Gasteiger partial charge in [0, 0.05) is 10.6 Å². The molecule has 35 heavy (non-hydrogen) atoms. The maximum Gasteiger partial charge on any atom is 0.259 e. The fourth-order valence-electron chi connectivity index (χ4n) is 3.14. The van der Waals surface area contributed by atoms with Crippen LogP contribution in [0.5, 0.6) is 23.0 Å². The van der Waals surface area contributed by atoms with E-state index in [1.54, 1.807) is 48.5 Å². The molecule has 0 saturated carbocycles. The first-order valence-corrected chi connectivity index (χ1v) is 10.9. The zero-order chi connectivity index (χ0) is 24.6. The Bertz CT molecular complexity index is 1250. The number of nitrogens with zero attached hydrogens (tertiary/aromatic N) is 1. The van der Waals surface area contributed by atoms with E-state index in [1.807, 2.05) is 12.1 Å². The molecule has 0 aliphatic carbocycles. The van der Waals surface area contributed by atoms with E-state index in [-0.39, 0.29) is 13.3 Å². The predicted octanol–water partition coefficient (Wildman–Crippen LogP) is 3.54. The molecule has 0 saturated heterocycles. The van der Waals surface area contributed by atoms with Gasteiger partial charge in [-0.05, 0) is 59.7 Å². The third kappa shape index (κ3) is 6.42. The SMILES string of the molecule is COc1cc(/C=N/NC(=O)CNC(=O)c2ccc3c(c2)OCO3)ccc1OCc1ccc(Cl)cc1. The summed E-state index contributed by atoms with van der Waals surface area (Å²) in [7, 11) is 1.54. The minimum Gasteiger partial charge on any atom is -0.493 e. The molecule has 9 nitrogen and oxygen atoms in total. The number of carbonyl (C=O) groups excluding carboxylic acids is 2. The minimum atomic E-state index is -0.481. The molecule has 1 aliphatic rings. The van der Waals surface area contributed by atoms with Gasteiger partial charge in [-0.2, -0.15) is 5.10 Å². The van der Waals surface area contributed by atoms with Crippen molar-refractivity contribution in [2.45, 2.75) is 6.61 Å². The number of ether oxygens (including phenoxy) is 4. The van der Waals surface area contributed by atoms with Crippen LogP contribution in [0.3, 0.4) is 0 Å². The number of hydrogen-bond donors (Lipinski definition) is 2. The highest BCUT2D eigenvalue weighted by molar-refractivity contribution is 6.30. The lowest BCUT2D eigenvalue weighted by molar-refractivity contribution is -0.120. The van der Waals surface area contributed by atoms with Gasteiger partial charge in [-0.1, -0.05) is 23.7 Å². The number of hydrazone groups is 1. The fraction of sp³-hybridized carbons (Fsp3) is 0.160. The van der Waals surface area contributed by atoms with E-state index in [4.69, 9.17) is 30.5 Å². The Balaban J connectivity index is 1.26. The highest BCUT2D eigenvalue weighted by Crippen LogP contribution is 2.32. The van der Waals surface area contributed by atoms with Crippen molar-refractivity contribution in [2.24, 2.45) is 5.10 Å². The molecule has 0 aromatic heterocycles. The lowest BCUT2D eigenvalue weighted by Gasteiger charge is -2.11. The highest BCUT2D eigenvalue weighted by atomic mass is 35.5. The van der Waals surface area contributed by atoms with Crippen molar-refractivity contribution in [2.75, 3.05) is 20.4 Å². The first kappa shape index (κ1) is 23.9. The predicted molar refractivity (Wildman–Crippen MR) is 129 cm³/mol. The molecule has 0 bridgehead atoms. The Hall–Kier alpha value is -4.24. The molecule has 0 radical (unpaired) electrons. The Morgan fingerprint density at radius 2 is 1.83 bits per heavy atom. The van der Waals surface area contributed by atoms with E-state index in [0.29, 0.717) is 45.8 Å². The Morgan fingerprint density at radius 3 is 2.63 bits per heavy atom. The number of benzene rings is 3. The number of hydrogen-bond acceptors (Lipinski definition) is 7. The van der Waals surface area contributed by atoms with Crippen LogP contribution in [0.4, 0.5) is 0 Å². The molecule has 4 rings (SSSR count). The number of nitrogens with one attached hydrogen (secondary N) is 2. The molecular weight excluding hydrogens is 474 g/mol. The van der Waals surface area contributed by atoms with Crippen molar-refractivity contribution in [3.63, 3.8) is 0 Å². The molecule has 3 aromatic carbocycles. The van der Waals surface area contributed by atoms with E-state index in [0.717, 1.165) is 5.56 Å². The molecule has 1 heterocycles. The summed E-state index contributed by atoms with van der Waals surface area (Å²) in [4.78, 5) is 24.3. The monoisotopic (exact) mass is 495 g/mol. The normalized spacial score (nSPS) is 11.8. The molecule has 0 fully saturated rings. The zero-order valence-corrected chi connectivity index (χ0v) is 19.5. The van der Waals surface area contributed by atoms with Crippen LogP contribution in [0, 0.1) is 0 Å². The van der Waals surface area contributed by atoms with E-state index in [1.165, 1.54) is 13.3 Å². The summed E-state index contributed by atoms with van der Waals surface area (Å²) in [6, 6.07) is 17.4. The number of carbonyl (C=O) groups is 2. The van der Waals surface area contributed by atoms with Crippen LogP contribution in [-0.2, 0) is 11.4 Å². The van der Waals surface area contributed by atoms with Gasteiger partial charge in [0.1, 0.15) is 6.61 Å². The summed E-state index contributed by atoms with van der Waals surface area (Å²) in [5, 5.41) is 7.12. The molecule has 0 atom stereocenters. The smallest absolute Gasteiger partial charge is 0.259 e. The van der Waals surface area contributed by atoms with Crippen LogP contribution in [0.25, 0.3) is 0 Å². The van der Waals surface area contributed by atoms with Crippen molar-refractivity contribution in [3.05, 3.63) is 82.4 Å². The number of amides is 2. The van der Waals surface area contributed by atoms with Crippen molar-refractivity contribution in [3.8, 4) is 23.0 Å². The number of fused-ring (bicyclic) bond motifs is 1. The quantitative estimate of drug-likeness (QED) is 0.347. The Morgan fingerprint density at radius 1 is 1.03 bits per heavy atom. The van der Waals surface area contributed by atoms with Crippen LogP contribution in [0.15, 0.2) is 65.8 Å². The number of methoxy groups -OCH3 is 1. The van der Waals surface area contributed by atoms with Crippen LogP contribution < -0.4 is 29.7 Å². The van der Waals surface area contributed by atoms with Gasteiger partial charge in [-0.25, -0.2) is 5.43 Å². The molecule has 180 valence electrons. The van der Waals surface area contributed by atoms with Gasteiger partial charge >= 0.3 is 0 Å². The maximum absolute atomic E-state index is 12.2. The van der Waals surface area contributed by atoms with Gasteiger partial charge in [0.05, 0.1) is 19.9 Å². The largest absolute Gasteiger partial charge is 0.493 e. The highest BCUT2D eigenvalue weighted by Gasteiger charge is 2.16. The second kappa shape index (κ2) is 11.3. The maximum atomic E-state index is 12.2. The van der Waals surface area contributed by atoms with E-state index < -0.39 is 11.8 Å². The van der Waals surface area contributed by atoms with Gasteiger partial charge in [0.15, 0.2) is 23.0 Å². The average Bonchev–Trinajstić information content (AvgIpc) is 3.35. The van der Waals surface area contributed by atoms with Crippen molar-refractivity contribution < 1.29 is 28.5 Å². The van der Waals surface area contributed by atoms with E-state index in [9.17, 15) is 9.59 Å². The first-order valence-electron chi connectivity index (χ1n) is 10.6. The third-order valence-corrected chi connectivity index (χ3v) is 5.19. The van der Waals surface area contributed by atoms with Gasteiger partial charge < -0.3 is 24.3 Å². The van der Waals surface area contributed by atoms with Crippen LogP contribution in [-0.4, -0.2) is 38.5 Å². The third-order valence-electron chi connectivity index (χ3n) is 4.94. The number of rotatable bonds is 9. The summed E-state index contributed by atoms with van der Waals surface area (Å²) in [5.41, 5.74) is 4.38. The van der Waals surface area contributed by atoms with Crippen LogP contribution in [0.2, 0.25) is 5.02 Å². The minimum absolute atomic E-state index is 0.117. The van der Waals surface area contributed by atoms with Crippen LogP contribution >= 0.6 is 11.6 Å². The summed E-state index contributed by atoms with van der Waals surface area (Å²) < 4.78 is 21.7. The van der Waals surface area contributed by atoms with Crippen molar-refractivity contribution >= 4 is 29.6 Å².